The average Bonchev–Trinajstić information content (AvgIpc) is 2.82. The van der Waals surface area contributed by atoms with Gasteiger partial charge in [0.1, 0.15) is 5.69 Å². The van der Waals surface area contributed by atoms with Gasteiger partial charge in [0.15, 0.2) is 0 Å². The van der Waals surface area contributed by atoms with Gasteiger partial charge in [-0.3, -0.25) is 0 Å². The Balaban J connectivity index is 2.10. The molecule has 3 nitrogen and oxygen atoms in total. The Morgan fingerprint density at radius 3 is 2.37 bits per heavy atom. The van der Waals surface area contributed by atoms with Crippen LogP contribution in [-0.2, 0) is 0 Å². The highest BCUT2D eigenvalue weighted by molar-refractivity contribution is 6.32. The molecule has 4 heteroatoms. The van der Waals surface area contributed by atoms with Crippen LogP contribution in [0.3, 0.4) is 0 Å². The van der Waals surface area contributed by atoms with Gasteiger partial charge in [0, 0.05) is 5.56 Å². The molecule has 0 radical (unpaired) electrons. The molecule has 0 aliphatic heterocycles. The van der Waals surface area contributed by atoms with E-state index in [0.717, 1.165) is 16.9 Å². The molecule has 0 amide bonds. The minimum atomic E-state index is 0.631. The van der Waals surface area contributed by atoms with E-state index in [9.17, 15) is 0 Å². The topological polar surface area (TPSA) is 43.8 Å². The largest absolute Gasteiger partial charge is 0.396 e. The normalized spacial score (nSPS) is 10.6. The molecule has 19 heavy (non-hydrogen) atoms. The van der Waals surface area contributed by atoms with Crippen LogP contribution < -0.4 is 5.73 Å². The van der Waals surface area contributed by atoms with Gasteiger partial charge >= 0.3 is 0 Å². The Labute approximate surface area is 116 Å². The van der Waals surface area contributed by atoms with Crippen molar-refractivity contribution in [1.29, 1.82) is 0 Å². The van der Waals surface area contributed by atoms with Crippen LogP contribution >= 0.6 is 11.6 Å². The molecule has 1 aromatic heterocycles. The van der Waals surface area contributed by atoms with Crippen molar-refractivity contribution in [2.24, 2.45) is 0 Å². The molecule has 0 unspecified atom stereocenters. The molecule has 0 aliphatic carbocycles. The van der Waals surface area contributed by atoms with E-state index in [4.69, 9.17) is 17.3 Å². The first-order valence-electron chi connectivity index (χ1n) is 5.91. The number of rotatable bonds is 2. The smallest absolute Gasteiger partial charge is 0.116 e. The monoisotopic (exact) mass is 269 g/mol. The summed E-state index contributed by atoms with van der Waals surface area (Å²) in [4.78, 5) is 0. The molecule has 1 heterocycles. The summed E-state index contributed by atoms with van der Waals surface area (Å²) in [5.41, 5.74) is 9.24. The fourth-order valence-corrected chi connectivity index (χ4v) is 2.19. The molecular weight excluding hydrogens is 258 g/mol. The maximum Gasteiger partial charge on any atom is 0.116 e. The number of para-hydroxylation sites is 1. The number of halogens is 1. The lowest BCUT2D eigenvalue weighted by Crippen LogP contribution is -1.95. The second-order valence-electron chi connectivity index (χ2n) is 4.20. The zero-order chi connectivity index (χ0) is 13.2. The quantitative estimate of drug-likeness (QED) is 0.769. The molecule has 0 saturated carbocycles. The van der Waals surface area contributed by atoms with Crippen LogP contribution in [0.1, 0.15) is 0 Å². The van der Waals surface area contributed by atoms with Crippen LogP contribution in [0.4, 0.5) is 5.69 Å². The molecule has 0 spiro atoms. The summed E-state index contributed by atoms with van der Waals surface area (Å²) in [7, 11) is 0. The van der Waals surface area contributed by atoms with E-state index >= 15 is 0 Å². The molecule has 0 atom stereocenters. The Hall–Kier alpha value is -2.26. The lowest BCUT2D eigenvalue weighted by Gasteiger charge is -2.02. The van der Waals surface area contributed by atoms with Crippen molar-refractivity contribution in [3.63, 3.8) is 0 Å². The standard InChI is InChI=1S/C15H12ClN3/c16-12-8-4-5-9-14(12)19-10-13(17)15(18-19)11-6-2-1-3-7-11/h1-10H,17H2. The second kappa shape index (κ2) is 4.78. The molecule has 2 aromatic carbocycles. The van der Waals surface area contributed by atoms with Crippen molar-refractivity contribution in [3.05, 3.63) is 65.8 Å². The fourth-order valence-electron chi connectivity index (χ4n) is 1.97. The molecule has 3 aromatic rings. The Morgan fingerprint density at radius 2 is 1.63 bits per heavy atom. The molecule has 0 bridgehead atoms. The average molecular weight is 270 g/mol. The fraction of sp³-hybridized carbons (Fsp3) is 0. The van der Waals surface area contributed by atoms with Gasteiger partial charge in [0.05, 0.1) is 22.6 Å². The molecular formula is C15H12ClN3. The molecule has 2 N–H and O–H groups in total. The van der Waals surface area contributed by atoms with Gasteiger partial charge < -0.3 is 5.73 Å². The van der Waals surface area contributed by atoms with Gasteiger partial charge in [-0.2, -0.15) is 5.10 Å². The predicted octanol–water partition coefficient (Wildman–Crippen LogP) is 3.77. The highest BCUT2D eigenvalue weighted by atomic mass is 35.5. The molecule has 0 fully saturated rings. The third-order valence-corrected chi connectivity index (χ3v) is 3.21. The number of benzene rings is 2. The van der Waals surface area contributed by atoms with E-state index in [1.54, 1.807) is 10.9 Å². The molecule has 3 rings (SSSR count). The first kappa shape index (κ1) is 11.8. The summed E-state index contributed by atoms with van der Waals surface area (Å²) < 4.78 is 1.71. The van der Waals surface area contributed by atoms with Crippen molar-refractivity contribution < 1.29 is 0 Å². The Bertz CT molecular complexity index is 704. The second-order valence-corrected chi connectivity index (χ2v) is 4.60. The number of nitrogen functional groups attached to an aromatic ring is 1. The van der Waals surface area contributed by atoms with Crippen LogP contribution in [0.2, 0.25) is 5.02 Å². The zero-order valence-corrected chi connectivity index (χ0v) is 10.9. The minimum Gasteiger partial charge on any atom is -0.396 e. The summed E-state index contributed by atoms with van der Waals surface area (Å²) in [5, 5.41) is 5.16. The third-order valence-electron chi connectivity index (χ3n) is 2.89. The van der Waals surface area contributed by atoms with E-state index in [1.165, 1.54) is 0 Å². The van der Waals surface area contributed by atoms with Gasteiger partial charge in [-0.05, 0) is 12.1 Å². The van der Waals surface area contributed by atoms with E-state index in [1.807, 2.05) is 54.6 Å². The lowest BCUT2D eigenvalue weighted by molar-refractivity contribution is 0.885. The predicted molar refractivity (Wildman–Crippen MR) is 78.4 cm³/mol. The number of nitrogens with two attached hydrogens (primary N) is 1. The van der Waals surface area contributed by atoms with Crippen molar-refractivity contribution >= 4 is 17.3 Å². The van der Waals surface area contributed by atoms with Crippen LogP contribution in [0.15, 0.2) is 60.8 Å². The van der Waals surface area contributed by atoms with E-state index < -0.39 is 0 Å². The van der Waals surface area contributed by atoms with Crippen molar-refractivity contribution in [2.75, 3.05) is 5.73 Å². The summed E-state index contributed by atoms with van der Waals surface area (Å²) in [6.07, 6.45) is 1.78. The Kier molecular flexibility index (Phi) is 2.97. The summed E-state index contributed by atoms with van der Waals surface area (Å²) in [6.45, 7) is 0. The first-order valence-corrected chi connectivity index (χ1v) is 6.29. The SMILES string of the molecule is Nc1cn(-c2ccccc2Cl)nc1-c1ccccc1. The van der Waals surface area contributed by atoms with E-state index in [-0.39, 0.29) is 0 Å². The number of nitrogens with zero attached hydrogens (tertiary/aromatic N) is 2. The van der Waals surface area contributed by atoms with Crippen molar-refractivity contribution in [3.8, 4) is 16.9 Å². The van der Waals surface area contributed by atoms with Gasteiger partial charge in [0.25, 0.3) is 0 Å². The van der Waals surface area contributed by atoms with Crippen LogP contribution in [0.5, 0.6) is 0 Å². The van der Waals surface area contributed by atoms with Gasteiger partial charge in [-0.1, -0.05) is 54.1 Å². The maximum absolute atomic E-state index is 6.16. The number of anilines is 1. The molecule has 94 valence electrons. The van der Waals surface area contributed by atoms with Crippen LogP contribution in [-0.4, -0.2) is 9.78 Å². The minimum absolute atomic E-state index is 0.631. The van der Waals surface area contributed by atoms with Gasteiger partial charge in [-0.15, -0.1) is 0 Å². The Morgan fingerprint density at radius 1 is 0.947 bits per heavy atom. The highest BCUT2D eigenvalue weighted by Crippen LogP contribution is 2.27. The van der Waals surface area contributed by atoms with E-state index in [2.05, 4.69) is 5.10 Å². The van der Waals surface area contributed by atoms with Gasteiger partial charge in [-0.25, -0.2) is 4.68 Å². The highest BCUT2D eigenvalue weighted by Gasteiger charge is 2.10. The summed E-state index contributed by atoms with van der Waals surface area (Å²) in [5.74, 6) is 0. The molecule has 0 saturated heterocycles. The first-order chi connectivity index (χ1) is 9.25. The van der Waals surface area contributed by atoms with Crippen LogP contribution in [0.25, 0.3) is 16.9 Å². The van der Waals surface area contributed by atoms with Crippen molar-refractivity contribution in [2.45, 2.75) is 0 Å². The van der Waals surface area contributed by atoms with Gasteiger partial charge in [0.2, 0.25) is 0 Å². The van der Waals surface area contributed by atoms with Crippen molar-refractivity contribution in [1.82, 2.24) is 9.78 Å². The molecule has 0 aliphatic rings. The van der Waals surface area contributed by atoms with Crippen LogP contribution in [0, 0.1) is 0 Å². The number of aromatic nitrogens is 2. The zero-order valence-electron chi connectivity index (χ0n) is 10.1. The third kappa shape index (κ3) is 2.20. The number of hydrogen-bond acceptors (Lipinski definition) is 2. The summed E-state index contributed by atoms with van der Waals surface area (Å²) >= 11 is 6.16. The van der Waals surface area contributed by atoms with E-state index in [0.29, 0.717) is 10.7 Å². The summed E-state index contributed by atoms with van der Waals surface area (Å²) in [6, 6.07) is 17.4. The maximum atomic E-state index is 6.16. The lowest BCUT2D eigenvalue weighted by atomic mass is 10.1. The number of hydrogen-bond donors (Lipinski definition) is 1.